The number of nitrogens with one attached hydrogen (secondary N) is 1. The number of nitrogens with zero attached hydrogens (tertiary/aromatic N) is 1. The van der Waals surface area contributed by atoms with Gasteiger partial charge in [0.1, 0.15) is 5.75 Å². The van der Waals surface area contributed by atoms with Gasteiger partial charge in [0.05, 0.1) is 11.1 Å². The quantitative estimate of drug-likeness (QED) is 0.568. The summed E-state index contributed by atoms with van der Waals surface area (Å²) in [5, 5.41) is 2.88. The Balaban J connectivity index is 1.57. The summed E-state index contributed by atoms with van der Waals surface area (Å²) in [5.41, 5.74) is 0.119. The van der Waals surface area contributed by atoms with Gasteiger partial charge in [-0.05, 0) is 23.8 Å². The minimum Gasteiger partial charge on any atom is -0.483 e. The van der Waals surface area contributed by atoms with Crippen molar-refractivity contribution in [2.24, 2.45) is 0 Å². The van der Waals surface area contributed by atoms with Crippen molar-refractivity contribution >= 4 is 28.7 Å². The fourth-order valence-corrected chi connectivity index (χ4v) is 3.38. The standard InChI is InChI=1S/C20H15F3N2O3S/c21-20(22,23)15-6-3-4-13(8-15)9-16-10-24-19(29-16)25-18(27)12-28-17-7-2-1-5-14(17)11-26/h1-8,10-11H,9,12H2,(H,24,25,27). The van der Waals surface area contributed by atoms with E-state index < -0.39 is 17.6 Å². The summed E-state index contributed by atoms with van der Waals surface area (Å²) in [7, 11) is 0. The molecule has 1 heterocycles. The van der Waals surface area contributed by atoms with Gasteiger partial charge in [0.15, 0.2) is 18.0 Å². The molecule has 0 spiro atoms. The van der Waals surface area contributed by atoms with Crippen LogP contribution in [-0.4, -0.2) is 23.8 Å². The molecule has 150 valence electrons. The van der Waals surface area contributed by atoms with E-state index in [1.54, 1.807) is 30.3 Å². The van der Waals surface area contributed by atoms with Crippen LogP contribution < -0.4 is 10.1 Å². The fraction of sp³-hybridized carbons (Fsp3) is 0.150. The summed E-state index contributed by atoms with van der Waals surface area (Å²) < 4.78 is 43.8. The van der Waals surface area contributed by atoms with Crippen LogP contribution in [0.15, 0.2) is 54.7 Å². The number of carbonyl (C=O) groups excluding carboxylic acids is 2. The lowest BCUT2D eigenvalue weighted by Crippen LogP contribution is -2.20. The van der Waals surface area contributed by atoms with E-state index >= 15 is 0 Å². The third kappa shape index (κ3) is 5.64. The molecule has 0 saturated carbocycles. The zero-order chi connectivity index (χ0) is 20.9. The number of benzene rings is 2. The van der Waals surface area contributed by atoms with Crippen LogP contribution in [0, 0.1) is 0 Å². The molecule has 5 nitrogen and oxygen atoms in total. The highest BCUT2D eigenvalue weighted by atomic mass is 32.1. The van der Waals surface area contributed by atoms with E-state index in [0.717, 1.165) is 23.5 Å². The van der Waals surface area contributed by atoms with Gasteiger partial charge in [0.25, 0.3) is 5.91 Å². The molecule has 2 aromatic carbocycles. The third-order valence-corrected chi connectivity index (χ3v) is 4.75. The van der Waals surface area contributed by atoms with Crippen molar-refractivity contribution in [3.63, 3.8) is 0 Å². The van der Waals surface area contributed by atoms with Crippen molar-refractivity contribution in [2.45, 2.75) is 12.6 Å². The smallest absolute Gasteiger partial charge is 0.416 e. The normalized spacial score (nSPS) is 11.1. The highest BCUT2D eigenvalue weighted by Crippen LogP contribution is 2.30. The van der Waals surface area contributed by atoms with Crippen LogP contribution in [0.4, 0.5) is 18.3 Å². The average Bonchev–Trinajstić information content (AvgIpc) is 3.12. The molecule has 29 heavy (non-hydrogen) atoms. The first-order chi connectivity index (χ1) is 13.8. The molecule has 3 rings (SSSR count). The Morgan fingerprint density at radius 1 is 1.17 bits per heavy atom. The van der Waals surface area contributed by atoms with E-state index in [0.29, 0.717) is 33.2 Å². The number of aromatic nitrogens is 1. The van der Waals surface area contributed by atoms with Gasteiger partial charge in [-0.1, -0.05) is 30.3 Å². The summed E-state index contributed by atoms with van der Waals surface area (Å²) in [6.45, 7) is -0.312. The lowest BCUT2D eigenvalue weighted by molar-refractivity contribution is -0.137. The van der Waals surface area contributed by atoms with E-state index in [1.165, 1.54) is 12.3 Å². The fourth-order valence-electron chi connectivity index (χ4n) is 2.51. The molecule has 0 fully saturated rings. The third-order valence-electron chi connectivity index (χ3n) is 3.84. The number of thiazole rings is 1. The predicted octanol–water partition coefficient (Wildman–Crippen LogP) is 4.58. The van der Waals surface area contributed by atoms with Crippen LogP contribution in [-0.2, 0) is 17.4 Å². The molecule has 3 aromatic rings. The number of hydrogen-bond acceptors (Lipinski definition) is 5. The number of aldehydes is 1. The van der Waals surface area contributed by atoms with Crippen molar-refractivity contribution in [1.29, 1.82) is 0 Å². The Bertz CT molecular complexity index is 1020. The lowest BCUT2D eigenvalue weighted by atomic mass is 10.1. The Hall–Kier alpha value is -3.20. The van der Waals surface area contributed by atoms with Crippen molar-refractivity contribution in [2.75, 3.05) is 11.9 Å². The largest absolute Gasteiger partial charge is 0.483 e. The van der Waals surface area contributed by atoms with Crippen molar-refractivity contribution in [1.82, 2.24) is 4.98 Å². The number of anilines is 1. The topological polar surface area (TPSA) is 68.3 Å². The molecular formula is C20H15F3N2O3S. The van der Waals surface area contributed by atoms with Gasteiger partial charge in [-0.3, -0.25) is 14.9 Å². The molecule has 0 aliphatic heterocycles. The summed E-state index contributed by atoms with van der Waals surface area (Å²) in [6.07, 6.45) is -2.00. The molecule has 0 unspecified atom stereocenters. The minimum absolute atomic E-state index is 0.265. The molecule has 9 heteroatoms. The zero-order valence-electron chi connectivity index (χ0n) is 14.9. The molecule has 0 aliphatic carbocycles. The number of halogens is 3. The molecule has 0 radical (unpaired) electrons. The van der Waals surface area contributed by atoms with E-state index in [9.17, 15) is 22.8 Å². The Labute approximate surface area is 168 Å². The van der Waals surface area contributed by atoms with E-state index in [-0.39, 0.29) is 13.0 Å². The summed E-state index contributed by atoms with van der Waals surface area (Å²) in [4.78, 5) is 27.7. The maximum absolute atomic E-state index is 12.8. The maximum Gasteiger partial charge on any atom is 0.416 e. The number of amides is 1. The first-order valence-electron chi connectivity index (χ1n) is 8.43. The second-order valence-electron chi connectivity index (χ2n) is 6.00. The average molecular weight is 420 g/mol. The number of rotatable bonds is 7. The zero-order valence-corrected chi connectivity index (χ0v) is 15.7. The van der Waals surface area contributed by atoms with Crippen molar-refractivity contribution < 1.29 is 27.5 Å². The van der Waals surface area contributed by atoms with Gasteiger partial charge in [-0.2, -0.15) is 13.2 Å². The van der Waals surface area contributed by atoms with Crippen LogP contribution >= 0.6 is 11.3 Å². The van der Waals surface area contributed by atoms with Crippen LogP contribution in [0.2, 0.25) is 0 Å². The van der Waals surface area contributed by atoms with Gasteiger partial charge in [0, 0.05) is 17.5 Å². The molecular weight excluding hydrogens is 405 g/mol. The Kier molecular flexibility index (Phi) is 6.28. The molecule has 0 aliphatic rings. The molecule has 0 bridgehead atoms. The van der Waals surface area contributed by atoms with Crippen LogP contribution in [0.3, 0.4) is 0 Å². The first kappa shape index (κ1) is 20.5. The summed E-state index contributed by atoms with van der Waals surface area (Å²) in [5.74, 6) is -0.173. The number of para-hydroxylation sites is 1. The summed E-state index contributed by atoms with van der Waals surface area (Å²) in [6, 6.07) is 11.6. The number of hydrogen-bond donors (Lipinski definition) is 1. The number of ether oxygens (including phenoxy) is 1. The maximum atomic E-state index is 12.8. The van der Waals surface area contributed by atoms with E-state index in [4.69, 9.17) is 4.74 Å². The van der Waals surface area contributed by atoms with Crippen LogP contribution in [0.25, 0.3) is 0 Å². The van der Waals surface area contributed by atoms with E-state index in [1.807, 2.05) is 0 Å². The number of alkyl halides is 3. The molecule has 0 atom stereocenters. The van der Waals surface area contributed by atoms with Crippen molar-refractivity contribution in [3.05, 3.63) is 76.3 Å². The first-order valence-corrected chi connectivity index (χ1v) is 9.24. The van der Waals surface area contributed by atoms with Crippen molar-refractivity contribution in [3.8, 4) is 5.75 Å². The van der Waals surface area contributed by atoms with Gasteiger partial charge < -0.3 is 4.74 Å². The van der Waals surface area contributed by atoms with Gasteiger partial charge in [-0.15, -0.1) is 11.3 Å². The molecule has 1 amide bonds. The second kappa shape index (κ2) is 8.87. The lowest BCUT2D eigenvalue weighted by Gasteiger charge is -2.08. The highest BCUT2D eigenvalue weighted by molar-refractivity contribution is 7.15. The minimum atomic E-state index is -4.40. The second-order valence-corrected chi connectivity index (χ2v) is 7.11. The SMILES string of the molecule is O=Cc1ccccc1OCC(=O)Nc1ncc(Cc2cccc(C(F)(F)F)c2)s1. The van der Waals surface area contributed by atoms with Gasteiger partial charge in [0.2, 0.25) is 0 Å². The van der Waals surface area contributed by atoms with E-state index in [2.05, 4.69) is 10.3 Å². The molecule has 0 saturated heterocycles. The monoisotopic (exact) mass is 420 g/mol. The highest BCUT2D eigenvalue weighted by Gasteiger charge is 2.30. The summed E-state index contributed by atoms with van der Waals surface area (Å²) >= 11 is 1.16. The van der Waals surface area contributed by atoms with Crippen LogP contribution in [0.1, 0.15) is 26.4 Å². The molecule has 1 N–H and O–H groups in total. The molecule has 1 aromatic heterocycles. The van der Waals surface area contributed by atoms with Gasteiger partial charge >= 0.3 is 6.18 Å². The Morgan fingerprint density at radius 3 is 2.72 bits per heavy atom. The Morgan fingerprint density at radius 2 is 1.97 bits per heavy atom. The van der Waals surface area contributed by atoms with Gasteiger partial charge in [-0.25, -0.2) is 4.98 Å². The number of carbonyl (C=O) groups is 2. The van der Waals surface area contributed by atoms with Crippen LogP contribution in [0.5, 0.6) is 5.75 Å². The predicted molar refractivity (Wildman–Crippen MR) is 102 cm³/mol.